The molecule has 0 bridgehead atoms. The Kier molecular flexibility index (Phi) is 6.81. The average molecular weight is 568 g/mol. The number of thiazole rings is 1. The summed E-state index contributed by atoms with van der Waals surface area (Å²) in [5.41, 5.74) is 1.24. The second-order valence-corrected chi connectivity index (χ2v) is 10.1. The van der Waals surface area contributed by atoms with Gasteiger partial charge in [-0.05, 0) is 77.0 Å². The first-order chi connectivity index (χ1) is 16.9. The van der Waals surface area contributed by atoms with Crippen molar-refractivity contribution in [2.24, 2.45) is 0 Å². The van der Waals surface area contributed by atoms with Gasteiger partial charge < -0.3 is 4.74 Å². The Morgan fingerprint density at radius 3 is 2.46 bits per heavy atom. The lowest BCUT2D eigenvalue weighted by atomic mass is 10.1. The van der Waals surface area contributed by atoms with E-state index in [0.717, 1.165) is 25.7 Å². The van der Waals surface area contributed by atoms with Crippen LogP contribution in [0.15, 0.2) is 95.6 Å². The summed E-state index contributed by atoms with van der Waals surface area (Å²) < 4.78 is 20.6. The van der Waals surface area contributed by atoms with Gasteiger partial charge in [-0.1, -0.05) is 63.1 Å². The highest BCUT2D eigenvalue weighted by atomic mass is 79.9. The zero-order valence-electron chi connectivity index (χ0n) is 18.0. The third-order valence-electron chi connectivity index (χ3n) is 5.31. The number of ether oxygens (including phenoxy) is 1. The molecule has 0 fully saturated rings. The van der Waals surface area contributed by atoms with Crippen molar-refractivity contribution in [3.05, 3.63) is 122 Å². The van der Waals surface area contributed by atoms with Crippen molar-refractivity contribution in [1.29, 1.82) is 0 Å². The Morgan fingerprint density at radius 2 is 1.69 bits per heavy atom. The van der Waals surface area contributed by atoms with Gasteiger partial charge in [0.15, 0.2) is 11.2 Å². The van der Waals surface area contributed by atoms with E-state index in [0.29, 0.717) is 21.5 Å². The van der Waals surface area contributed by atoms with Crippen LogP contribution in [0.25, 0.3) is 10.8 Å². The first-order valence-corrected chi connectivity index (χ1v) is 12.6. The molecule has 5 aromatic rings. The molecular weight excluding hydrogens is 551 g/mol. The molecule has 35 heavy (non-hydrogen) atoms. The third-order valence-corrected chi connectivity index (χ3v) is 7.01. The minimum atomic E-state index is -0.464. The zero-order chi connectivity index (χ0) is 24.4. The summed E-state index contributed by atoms with van der Waals surface area (Å²) in [7, 11) is 0. The number of halogens is 3. The normalized spacial score (nSPS) is 11.9. The van der Waals surface area contributed by atoms with Crippen molar-refractivity contribution < 1.29 is 13.9 Å². The summed E-state index contributed by atoms with van der Waals surface area (Å²) in [6.07, 6.45) is 1.22. The van der Waals surface area contributed by atoms with Crippen LogP contribution in [-0.2, 0) is 0 Å². The Labute approximate surface area is 218 Å². The molecule has 8 heteroatoms. The number of amides is 1. The summed E-state index contributed by atoms with van der Waals surface area (Å²) in [6, 6.07) is 24.8. The molecule has 0 aliphatic carbocycles. The lowest BCUT2D eigenvalue weighted by molar-refractivity contribution is 0.102. The van der Waals surface area contributed by atoms with Crippen molar-refractivity contribution in [2.45, 2.75) is 6.10 Å². The highest BCUT2D eigenvalue weighted by molar-refractivity contribution is 9.10. The molecular formula is C27H17BrClFN2O2S. The SMILES string of the molecule is O=C(Nc1ncc(C(Oc2ccc3cc(Br)ccc3c2)c2ccc(Cl)cc2)s1)c1ccc(F)cc1. The number of aromatic nitrogens is 1. The van der Waals surface area contributed by atoms with Crippen molar-refractivity contribution in [3.8, 4) is 5.75 Å². The molecule has 1 aromatic heterocycles. The van der Waals surface area contributed by atoms with Gasteiger partial charge in [-0.2, -0.15) is 0 Å². The predicted molar refractivity (Wildman–Crippen MR) is 142 cm³/mol. The van der Waals surface area contributed by atoms with Crippen LogP contribution in [0.5, 0.6) is 5.75 Å². The first kappa shape index (κ1) is 23.5. The summed E-state index contributed by atoms with van der Waals surface area (Å²) >= 11 is 10.9. The summed E-state index contributed by atoms with van der Waals surface area (Å²) in [5, 5.41) is 5.96. The van der Waals surface area contributed by atoms with E-state index in [1.165, 1.54) is 35.6 Å². The van der Waals surface area contributed by atoms with Crippen molar-refractivity contribution in [1.82, 2.24) is 4.98 Å². The minimum Gasteiger partial charge on any atom is -0.480 e. The molecule has 174 valence electrons. The lowest BCUT2D eigenvalue weighted by Crippen LogP contribution is -2.11. The van der Waals surface area contributed by atoms with Gasteiger partial charge in [0.05, 0.1) is 4.88 Å². The van der Waals surface area contributed by atoms with Gasteiger partial charge in [0.1, 0.15) is 11.6 Å². The standard InChI is InChI=1S/C27H17BrClFN2O2S/c28-20-7-1-19-14-23(12-6-18(19)13-20)34-25(16-2-8-21(29)9-3-16)24-15-31-27(35-24)32-26(33)17-4-10-22(30)11-5-17/h1-15,25H,(H,31,32,33). The number of hydrogen-bond acceptors (Lipinski definition) is 4. The number of fused-ring (bicyclic) bond motifs is 1. The van der Waals surface area contributed by atoms with Crippen LogP contribution < -0.4 is 10.1 Å². The summed E-state index contributed by atoms with van der Waals surface area (Å²) in [5.74, 6) is -0.0667. The molecule has 4 nitrogen and oxygen atoms in total. The third kappa shape index (κ3) is 5.53. The van der Waals surface area contributed by atoms with Crippen molar-refractivity contribution in [2.75, 3.05) is 5.32 Å². The maximum Gasteiger partial charge on any atom is 0.257 e. The van der Waals surface area contributed by atoms with Gasteiger partial charge in [-0.15, -0.1) is 0 Å². The number of benzene rings is 4. The lowest BCUT2D eigenvalue weighted by Gasteiger charge is -2.19. The van der Waals surface area contributed by atoms with Crippen molar-refractivity contribution >= 4 is 60.7 Å². The Balaban J connectivity index is 1.43. The molecule has 0 aliphatic heterocycles. The molecule has 1 N–H and O–H groups in total. The highest BCUT2D eigenvalue weighted by Gasteiger charge is 2.21. The molecule has 0 spiro atoms. The Morgan fingerprint density at radius 1 is 0.971 bits per heavy atom. The number of carbonyl (C=O) groups excluding carboxylic acids is 1. The van der Waals surface area contributed by atoms with Crippen LogP contribution in [0.1, 0.15) is 26.9 Å². The number of rotatable bonds is 6. The summed E-state index contributed by atoms with van der Waals surface area (Å²) in [6.45, 7) is 0. The molecule has 0 aliphatic rings. The first-order valence-electron chi connectivity index (χ1n) is 10.6. The predicted octanol–water partition coefficient (Wildman–Crippen LogP) is 8.27. The van der Waals surface area contributed by atoms with Crippen LogP contribution >= 0.6 is 38.9 Å². The Hall–Kier alpha value is -3.26. The fraction of sp³-hybridized carbons (Fsp3) is 0.0370. The van der Waals surface area contributed by atoms with Gasteiger partial charge in [0.25, 0.3) is 5.91 Å². The average Bonchev–Trinajstić information content (AvgIpc) is 3.31. The number of anilines is 1. The number of nitrogens with zero attached hydrogens (tertiary/aromatic N) is 1. The molecule has 0 saturated carbocycles. The van der Waals surface area contributed by atoms with E-state index in [2.05, 4.69) is 32.3 Å². The van der Waals surface area contributed by atoms with Crippen LogP contribution in [0, 0.1) is 5.82 Å². The molecule has 1 atom stereocenters. The van der Waals surface area contributed by atoms with Crippen LogP contribution in [0.3, 0.4) is 0 Å². The van der Waals surface area contributed by atoms with Gasteiger partial charge in [0.2, 0.25) is 0 Å². The second kappa shape index (κ2) is 10.2. The molecule has 1 unspecified atom stereocenters. The smallest absolute Gasteiger partial charge is 0.257 e. The van der Waals surface area contributed by atoms with E-state index >= 15 is 0 Å². The number of nitrogens with one attached hydrogen (secondary N) is 1. The molecule has 1 heterocycles. The van der Waals surface area contributed by atoms with Gasteiger partial charge in [-0.25, -0.2) is 9.37 Å². The highest BCUT2D eigenvalue weighted by Crippen LogP contribution is 2.35. The van der Waals surface area contributed by atoms with Crippen LogP contribution in [0.4, 0.5) is 9.52 Å². The summed E-state index contributed by atoms with van der Waals surface area (Å²) in [4.78, 5) is 17.7. The molecule has 0 radical (unpaired) electrons. The topological polar surface area (TPSA) is 51.2 Å². The fourth-order valence-corrected chi connectivity index (χ4v) is 4.94. The molecule has 1 amide bonds. The number of carbonyl (C=O) groups is 1. The maximum atomic E-state index is 13.2. The van der Waals surface area contributed by atoms with Crippen LogP contribution in [0.2, 0.25) is 5.02 Å². The van der Waals surface area contributed by atoms with E-state index in [-0.39, 0.29) is 5.91 Å². The van der Waals surface area contributed by atoms with E-state index in [9.17, 15) is 9.18 Å². The fourth-order valence-electron chi connectivity index (χ4n) is 3.57. The maximum absolute atomic E-state index is 13.2. The molecule has 0 saturated heterocycles. The van der Waals surface area contributed by atoms with Gasteiger partial charge in [-0.3, -0.25) is 10.1 Å². The molecule has 5 rings (SSSR count). The monoisotopic (exact) mass is 566 g/mol. The second-order valence-electron chi connectivity index (χ2n) is 7.73. The Bertz CT molecular complexity index is 1510. The number of hydrogen-bond donors (Lipinski definition) is 1. The van der Waals surface area contributed by atoms with Crippen molar-refractivity contribution in [3.63, 3.8) is 0 Å². The molecule has 4 aromatic carbocycles. The van der Waals surface area contributed by atoms with Gasteiger partial charge >= 0.3 is 0 Å². The zero-order valence-corrected chi connectivity index (χ0v) is 21.2. The van der Waals surface area contributed by atoms with E-state index in [4.69, 9.17) is 16.3 Å². The van der Waals surface area contributed by atoms with Gasteiger partial charge in [0, 0.05) is 21.3 Å². The van der Waals surface area contributed by atoms with E-state index in [1.807, 2.05) is 54.6 Å². The van der Waals surface area contributed by atoms with Crippen LogP contribution in [-0.4, -0.2) is 10.9 Å². The van der Waals surface area contributed by atoms with E-state index < -0.39 is 11.9 Å². The largest absolute Gasteiger partial charge is 0.480 e. The minimum absolute atomic E-state index is 0.344. The van der Waals surface area contributed by atoms with E-state index in [1.54, 1.807) is 6.20 Å². The quantitative estimate of drug-likeness (QED) is 0.225.